The first-order chi connectivity index (χ1) is 15.0. The van der Waals surface area contributed by atoms with Gasteiger partial charge in [-0.25, -0.2) is 14.2 Å². The molecule has 0 spiro atoms. The molecule has 7 nitrogen and oxygen atoms in total. The summed E-state index contributed by atoms with van der Waals surface area (Å²) >= 11 is 0. The summed E-state index contributed by atoms with van der Waals surface area (Å²) in [6.07, 6.45) is -3.92. The van der Waals surface area contributed by atoms with E-state index in [0.717, 1.165) is 12.1 Å². The molecule has 3 rings (SSSR count). The Morgan fingerprint density at radius 2 is 1.91 bits per heavy atom. The topological polar surface area (TPSA) is 98.8 Å². The number of Topliss-reactive ketones (excluding diaryl/α,β-unsaturated/α-hetero) is 1. The fourth-order valence-corrected chi connectivity index (χ4v) is 3.22. The molecule has 1 aromatic heterocycles. The number of fused-ring (bicyclic) bond motifs is 1. The molecule has 0 saturated heterocycles. The number of ketones is 1. The van der Waals surface area contributed by atoms with E-state index >= 15 is 0 Å². The number of aromatic nitrogens is 2. The van der Waals surface area contributed by atoms with Gasteiger partial charge in [0.05, 0.1) is 30.0 Å². The van der Waals surface area contributed by atoms with Crippen LogP contribution in [-0.2, 0) is 17.4 Å². The number of hydrogen-bond acceptors (Lipinski definition) is 4. The molecule has 179 valence electrons. The largest absolute Gasteiger partial charge is 0.577 e. The Morgan fingerprint density at radius 1 is 1.27 bits per heavy atom. The molecule has 0 aliphatic heterocycles. The maximum atomic E-state index is 13.9. The number of alkyl halides is 3. The fourth-order valence-electron chi connectivity index (χ4n) is 3.22. The number of nitrogens with zero attached hydrogens (tertiary/aromatic N) is 4. The molecule has 0 fully saturated rings. The van der Waals surface area contributed by atoms with Crippen molar-refractivity contribution in [3.63, 3.8) is 0 Å². The van der Waals surface area contributed by atoms with E-state index in [1.165, 1.54) is 42.9 Å². The summed E-state index contributed by atoms with van der Waals surface area (Å²) in [6, 6.07) is 6.41. The molecular formula is C21H17EsF4N4O3-. The van der Waals surface area contributed by atoms with Crippen LogP contribution in [0.5, 0.6) is 0 Å². The van der Waals surface area contributed by atoms with Crippen molar-refractivity contribution in [1.29, 1.82) is 0 Å². The number of rotatable bonds is 5. The van der Waals surface area contributed by atoms with Gasteiger partial charge < -0.3 is 20.2 Å². The van der Waals surface area contributed by atoms with Crippen LogP contribution in [0, 0.1) is 17.3 Å². The Kier molecular flexibility index (Phi) is 7.72. The summed E-state index contributed by atoms with van der Waals surface area (Å²) in [5, 5.41) is 10.9. The maximum Gasteiger partial charge on any atom is 0.407 e. The molecular weight excluding hydrogens is 684 g/mol. The number of imidazole rings is 1. The number of nitroso groups, excluding NO2 is 1. The molecule has 1 radical (unpaired) electrons. The van der Waals surface area contributed by atoms with Gasteiger partial charge in [-0.15, -0.1) is 0 Å². The Hall–Kier alpha value is -4.65. The predicted molar refractivity (Wildman–Crippen MR) is 108 cm³/mol. The summed E-state index contributed by atoms with van der Waals surface area (Å²) in [7, 11) is 0. The number of benzene rings is 2. The predicted octanol–water partition coefficient (Wildman–Crippen LogP) is 5.19. The number of aliphatic hydroxyl groups is 1. The monoisotopic (exact) mass is 701 g/mol. The van der Waals surface area contributed by atoms with Gasteiger partial charge >= 0.3 is 6.18 Å². The summed E-state index contributed by atoms with van der Waals surface area (Å²) in [6.45, 7) is 9.66. The Balaban J connectivity index is 0.00000177. The second kappa shape index (κ2) is 9.65. The third-order valence-corrected chi connectivity index (χ3v) is 5.20. The summed E-state index contributed by atoms with van der Waals surface area (Å²) in [5.74, 6) is -1.28. The van der Waals surface area contributed by atoms with E-state index in [1.807, 2.05) is 0 Å². The van der Waals surface area contributed by atoms with Crippen molar-refractivity contribution in [1.82, 2.24) is 9.55 Å². The van der Waals surface area contributed by atoms with Gasteiger partial charge in [-0.2, -0.15) is 13.2 Å². The van der Waals surface area contributed by atoms with E-state index in [2.05, 4.69) is 9.83 Å². The van der Waals surface area contributed by atoms with Crippen LogP contribution in [0.2, 0.25) is 0 Å². The molecule has 0 saturated carbocycles. The maximum absolute atomic E-state index is 13.9. The summed E-state index contributed by atoms with van der Waals surface area (Å²) < 4.78 is 54.8. The first-order valence-corrected chi connectivity index (χ1v) is 9.09. The van der Waals surface area contributed by atoms with Gasteiger partial charge in [0.25, 0.3) is 0 Å². The van der Waals surface area contributed by atoms with Crippen LogP contribution in [0.25, 0.3) is 21.5 Å². The number of halogens is 4. The van der Waals surface area contributed by atoms with Crippen molar-refractivity contribution < 1.29 is 27.5 Å². The number of carbonyl (C=O) groups is 1. The van der Waals surface area contributed by atoms with Crippen LogP contribution >= 0.6 is 0 Å². The van der Waals surface area contributed by atoms with Crippen LogP contribution in [0.4, 0.5) is 23.2 Å². The average Bonchev–Trinajstić information content (AvgIpc) is 3.19. The zero-order valence-electron chi connectivity index (χ0n) is 17.2. The SMILES string of the molecule is [C-]#[N+]c1ccc(CC(=O)[C@@](C)(O)C(C)n2cnc3c(F)cccc32)cc1C(F)(F)F.[Es].[N-]=O. The first kappa shape index (κ1) is 26.4. The first-order valence-electron chi connectivity index (χ1n) is 9.09. The quantitative estimate of drug-likeness (QED) is 0.293. The van der Waals surface area contributed by atoms with E-state index in [-0.39, 0.29) is 11.1 Å². The second-order valence-corrected chi connectivity index (χ2v) is 7.14. The minimum Gasteiger partial charge on any atom is -0.577 e. The van der Waals surface area contributed by atoms with E-state index in [1.54, 1.807) is 6.07 Å². The van der Waals surface area contributed by atoms with Gasteiger partial charge in [0, 0.05) is 6.42 Å². The summed E-state index contributed by atoms with van der Waals surface area (Å²) in [4.78, 5) is 26.9. The molecule has 12 heteroatoms. The standard InChI is InChI=1S/C21H17F4N3O2.Es.NO/c1-12(28-11-27-19-15(22)5-4-6-17(19)28)20(2,30)18(29)10-13-7-8-16(26-3)14(9-13)21(23,24)25;;1-2/h4-9,11-12,30H,10H2,1-2H3;;/q;;-1/t12?,20-;;/m0../s1. The molecule has 1 heterocycles. The Bertz CT molecular complexity index is 1190. The third-order valence-electron chi connectivity index (χ3n) is 5.20. The van der Waals surface area contributed by atoms with E-state index < -0.39 is 47.1 Å². The normalized spacial score (nSPS) is 13.6. The third kappa shape index (κ3) is 4.99. The van der Waals surface area contributed by atoms with Crippen molar-refractivity contribution >= 4 is 22.5 Å². The Labute approximate surface area is 179 Å². The van der Waals surface area contributed by atoms with Crippen molar-refractivity contribution in [2.45, 2.75) is 38.1 Å². The van der Waals surface area contributed by atoms with Crippen molar-refractivity contribution in [2.75, 3.05) is 0 Å². The average molecular weight is 701 g/mol. The van der Waals surface area contributed by atoms with Crippen LogP contribution in [0.15, 0.2) is 42.7 Å². The van der Waals surface area contributed by atoms with Gasteiger partial charge in [0.1, 0.15) is 11.1 Å². The molecule has 2 aromatic carbocycles. The van der Waals surface area contributed by atoms with E-state index in [0.29, 0.717) is 5.52 Å². The van der Waals surface area contributed by atoms with Crippen LogP contribution in [-0.4, -0.2) is 26.0 Å². The fraction of sp³-hybridized carbons (Fsp3) is 0.286. The molecule has 3 aromatic rings. The Morgan fingerprint density at radius 3 is 2.48 bits per heavy atom. The molecule has 0 aliphatic carbocycles. The smallest absolute Gasteiger partial charge is 0.407 e. The molecule has 0 bridgehead atoms. The van der Waals surface area contributed by atoms with Crippen LogP contribution < -0.4 is 0 Å². The van der Waals surface area contributed by atoms with Crippen molar-refractivity contribution in [2.24, 2.45) is 0 Å². The number of hydrogen-bond donors (Lipinski definition) is 1. The van der Waals surface area contributed by atoms with E-state index in [4.69, 9.17) is 17.1 Å². The molecule has 0 aliphatic rings. The molecule has 1 N–H and O–H groups in total. The molecule has 0 amide bonds. The zero-order chi connectivity index (χ0) is 24.3. The van der Waals surface area contributed by atoms with Gasteiger partial charge in [0.2, 0.25) is 0 Å². The van der Waals surface area contributed by atoms with Gasteiger partial charge in [-0.1, -0.05) is 24.3 Å². The van der Waals surface area contributed by atoms with Crippen LogP contribution in [0.1, 0.15) is 31.0 Å². The number of carbonyl (C=O) groups excluding carboxylic acids is 1. The molecule has 1 unspecified atom stereocenters. The molecule has 2 atom stereocenters. The second-order valence-electron chi connectivity index (χ2n) is 7.14. The molecule has 33 heavy (non-hydrogen) atoms. The summed E-state index contributed by atoms with van der Waals surface area (Å²) in [5.41, 5.74) is 2.55. The minimum absolute atomic E-state index is 0. The zero-order valence-corrected chi connectivity index (χ0v) is 19.7. The van der Waals surface area contributed by atoms with Crippen molar-refractivity contribution in [3.8, 4) is 0 Å². The van der Waals surface area contributed by atoms with Gasteiger partial charge in [-0.05, 0) is 31.5 Å². The van der Waals surface area contributed by atoms with E-state index in [9.17, 15) is 27.5 Å². The van der Waals surface area contributed by atoms with Gasteiger partial charge in [0.15, 0.2) is 17.3 Å². The van der Waals surface area contributed by atoms with Gasteiger partial charge in [-0.3, -0.25) is 4.79 Å². The van der Waals surface area contributed by atoms with Crippen LogP contribution in [0.3, 0.4) is 0 Å². The minimum atomic E-state index is -4.74. The van der Waals surface area contributed by atoms with Crippen molar-refractivity contribution in [3.05, 3.63) is 81.6 Å². The number of para-hydroxylation sites is 1.